The van der Waals surface area contributed by atoms with Gasteiger partial charge in [-0.3, -0.25) is 4.79 Å². The third kappa shape index (κ3) is 6.85. The maximum atomic E-state index is 13.4. The van der Waals surface area contributed by atoms with E-state index in [2.05, 4.69) is 9.62 Å². The number of aliphatic hydroxyl groups is 1. The molecule has 0 saturated heterocycles. The first-order valence-corrected chi connectivity index (χ1v) is 17.5. The van der Waals surface area contributed by atoms with Crippen molar-refractivity contribution in [2.24, 2.45) is 17.8 Å². The van der Waals surface area contributed by atoms with Gasteiger partial charge in [0.1, 0.15) is 12.4 Å². The number of carbonyl (C=O) groups excluding carboxylic acids is 1. The molecule has 0 radical (unpaired) electrons. The van der Waals surface area contributed by atoms with E-state index in [1.54, 1.807) is 32.2 Å². The second kappa shape index (κ2) is 13.3. The molecule has 1 amide bonds. The summed E-state index contributed by atoms with van der Waals surface area (Å²) >= 11 is 6.32. The van der Waals surface area contributed by atoms with Gasteiger partial charge >= 0.3 is 0 Å². The largest absolute Gasteiger partial charge is 0.487 e. The maximum absolute atomic E-state index is 13.4. The number of sulfonamides is 1. The van der Waals surface area contributed by atoms with Crippen molar-refractivity contribution in [2.75, 3.05) is 31.7 Å². The second-order valence-corrected chi connectivity index (χ2v) is 15.2. The summed E-state index contributed by atoms with van der Waals surface area (Å²) in [4.78, 5) is 15.7. The van der Waals surface area contributed by atoms with Gasteiger partial charge in [0.05, 0.1) is 23.1 Å². The number of hydrogen-bond donors (Lipinski definition) is 2. The molecule has 0 spiro atoms. The molecule has 43 heavy (non-hydrogen) atoms. The molecule has 1 aliphatic carbocycles. The van der Waals surface area contributed by atoms with Gasteiger partial charge in [-0.2, -0.15) is 0 Å². The van der Waals surface area contributed by atoms with E-state index in [-0.39, 0.29) is 24.0 Å². The van der Waals surface area contributed by atoms with Crippen LogP contribution in [0.3, 0.4) is 0 Å². The van der Waals surface area contributed by atoms with E-state index in [4.69, 9.17) is 21.1 Å². The summed E-state index contributed by atoms with van der Waals surface area (Å²) in [6.45, 7) is 5.29. The molecule has 1 fully saturated rings. The molecule has 2 aromatic rings. The van der Waals surface area contributed by atoms with Crippen LogP contribution in [0.2, 0.25) is 5.02 Å². The van der Waals surface area contributed by atoms with Crippen LogP contribution in [0, 0.1) is 17.8 Å². The number of nitrogens with zero attached hydrogens (tertiary/aromatic N) is 1. The van der Waals surface area contributed by atoms with Crippen molar-refractivity contribution < 1.29 is 27.8 Å². The fourth-order valence-electron chi connectivity index (χ4n) is 7.09. The van der Waals surface area contributed by atoms with Crippen LogP contribution in [-0.2, 0) is 27.8 Å². The van der Waals surface area contributed by atoms with Crippen LogP contribution >= 0.6 is 11.6 Å². The molecular weight excluding hydrogens is 588 g/mol. The van der Waals surface area contributed by atoms with Crippen LogP contribution in [0.4, 0.5) is 5.69 Å². The highest BCUT2D eigenvalue weighted by Crippen LogP contribution is 2.47. The van der Waals surface area contributed by atoms with Gasteiger partial charge in [0.25, 0.3) is 5.91 Å². The Balaban J connectivity index is 1.56. The number of rotatable bonds is 2. The van der Waals surface area contributed by atoms with Crippen LogP contribution in [0.1, 0.15) is 80.3 Å². The van der Waals surface area contributed by atoms with Crippen molar-refractivity contribution in [2.45, 2.75) is 82.7 Å². The standard InChI is InChI=1S/C33H45ClN2O6S/c1-22-7-6-15-33(21-37,41-3)29-13-10-26(29)19-36-16-5-4-8-24-17-28(34)12-9-27(24)20-42-31-14-11-25(18-30(31)36)32(38)35-43(39,40)23(22)2/h9,11-12,14,17-18,22-23,26,29,37H,4-8,10,13,15-16,19-21H2,1-3H3,(H,35,38)/t22-,23+,26-,29+,33+/m0/s1. The van der Waals surface area contributed by atoms with E-state index < -0.39 is 26.8 Å². The Morgan fingerprint density at radius 1 is 1.09 bits per heavy atom. The molecule has 2 N–H and O–H groups in total. The molecule has 10 heteroatoms. The Labute approximate surface area is 261 Å². The van der Waals surface area contributed by atoms with Gasteiger partial charge in [-0.1, -0.05) is 31.0 Å². The molecule has 3 aliphatic rings. The van der Waals surface area contributed by atoms with E-state index >= 15 is 0 Å². The van der Waals surface area contributed by atoms with Gasteiger partial charge in [-0.05, 0) is 111 Å². The molecule has 2 aliphatic heterocycles. The van der Waals surface area contributed by atoms with Crippen LogP contribution in [0.5, 0.6) is 5.75 Å². The third-order valence-electron chi connectivity index (χ3n) is 10.2. The van der Waals surface area contributed by atoms with Crippen molar-refractivity contribution in [3.8, 4) is 5.75 Å². The number of carbonyl (C=O) groups is 1. The predicted octanol–water partition coefficient (Wildman–Crippen LogP) is 5.73. The predicted molar refractivity (Wildman–Crippen MR) is 169 cm³/mol. The van der Waals surface area contributed by atoms with Gasteiger partial charge in [-0.15, -0.1) is 0 Å². The number of hydrogen-bond acceptors (Lipinski definition) is 7. The first-order valence-electron chi connectivity index (χ1n) is 15.6. The van der Waals surface area contributed by atoms with Gasteiger partial charge in [-0.25, -0.2) is 13.1 Å². The first kappa shape index (κ1) is 32.1. The third-order valence-corrected chi connectivity index (χ3v) is 12.4. The summed E-state index contributed by atoms with van der Waals surface area (Å²) in [5, 5.41) is 10.6. The van der Waals surface area contributed by atoms with Crippen molar-refractivity contribution >= 4 is 33.2 Å². The van der Waals surface area contributed by atoms with E-state index in [0.717, 1.165) is 62.9 Å². The minimum atomic E-state index is -3.92. The van der Waals surface area contributed by atoms with Crippen LogP contribution in [-0.4, -0.2) is 57.1 Å². The average molecular weight is 633 g/mol. The van der Waals surface area contributed by atoms with Gasteiger partial charge < -0.3 is 19.5 Å². The normalized spacial score (nSPS) is 30.0. The van der Waals surface area contributed by atoms with Crippen LogP contribution in [0.25, 0.3) is 0 Å². The summed E-state index contributed by atoms with van der Waals surface area (Å²) in [5.41, 5.74) is 2.61. The topological polar surface area (TPSA) is 105 Å². The number of fused-ring (bicyclic) bond motifs is 3. The van der Waals surface area contributed by atoms with Crippen molar-refractivity contribution in [3.63, 3.8) is 0 Å². The summed E-state index contributed by atoms with van der Waals surface area (Å²) in [7, 11) is -2.24. The number of nitrogens with one attached hydrogen (secondary N) is 1. The summed E-state index contributed by atoms with van der Waals surface area (Å²) in [6.07, 6.45) is 6.77. The Morgan fingerprint density at radius 2 is 1.91 bits per heavy atom. The highest BCUT2D eigenvalue weighted by molar-refractivity contribution is 7.90. The molecule has 0 aromatic heterocycles. The lowest BCUT2D eigenvalue weighted by Gasteiger charge is -2.50. The van der Waals surface area contributed by atoms with E-state index in [1.807, 2.05) is 25.1 Å². The molecule has 5 atom stereocenters. The molecule has 2 heterocycles. The van der Waals surface area contributed by atoms with Crippen molar-refractivity contribution in [1.82, 2.24) is 4.72 Å². The Bertz CT molecular complexity index is 1410. The Kier molecular flexibility index (Phi) is 9.96. The van der Waals surface area contributed by atoms with Crippen molar-refractivity contribution in [1.29, 1.82) is 0 Å². The maximum Gasteiger partial charge on any atom is 0.264 e. The van der Waals surface area contributed by atoms with E-state index in [1.165, 1.54) is 5.56 Å². The lowest BCUT2D eigenvalue weighted by Crippen LogP contribution is -2.54. The monoisotopic (exact) mass is 632 g/mol. The van der Waals surface area contributed by atoms with Crippen LogP contribution < -0.4 is 14.4 Å². The number of aliphatic hydroxyl groups excluding tert-OH is 1. The Hall–Kier alpha value is -2.33. The summed E-state index contributed by atoms with van der Waals surface area (Å²) < 4.78 is 41.4. The van der Waals surface area contributed by atoms with E-state index in [0.29, 0.717) is 36.1 Å². The van der Waals surface area contributed by atoms with Gasteiger partial charge in [0.15, 0.2) is 0 Å². The lowest BCUT2D eigenvalue weighted by atomic mass is 9.63. The van der Waals surface area contributed by atoms with Crippen molar-refractivity contribution in [3.05, 3.63) is 58.1 Å². The lowest BCUT2D eigenvalue weighted by molar-refractivity contribution is -0.141. The first-order chi connectivity index (χ1) is 20.6. The number of methoxy groups -OCH3 is 1. The number of benzene rings is 2. The number of amides is 1. The smallest absolute Gasteiger partial charge is 0.264 e. The second-order valence-electron chi connectivity index (χ2n) is 12.7. The molecule has 1 saturated carbocycles. The summed E-state index contributed by atoms with van der Waals surface area (Å²) in [5.74, 6) is 0.290. The fourth-order valence-corrected chi connectivity index (χ4v) is 8.59. The zero-order valence-electron chi connectivity index (χ0n) is 25.5. The highest BCUT2D eigenvalue weighted by atomic mass is 35.5. The molecule has 2 bridgehead atoms. The zero-order valence-corrected chi connectivity index (χ0v) is 27.1. The number of aryl methyl sites for hydroxylation is 1. The molecule has 8 nitrogen and oxygen atoms in total. The van der Waals surface area contributed by atoms with E-state index in [9.17, 15) is 18.3 Å². The van der Waals surface area contributed by atoms with Crippen LogP contribution in [0.15, 0.2) is 36.4 Å². The fraction of sp³-hybridized carbons (Fsp3) is 0.606. The number of halogens is 1. The minimum Gasteiger partial charge on any atom is -0.487 e. The number of ether oxygens (including phenoxy) is 2. The summed E-state index contributed by atoms with van der Waals surface area (Å²) in [6, 6.07) is 11.1. The quantitative estimate of drug-likeness (QED) is 0.435. The molecule has 5 rings (SSSR count). The zero-order chi connectivity index (χ0) is 30.8. The Morgan fingerprint density at radius 3 is 2.63 bits per heavy atom. The average Bonchev–Trinajstić information content (AvgIpc) is 3.00. The molecule has 236 valence electrons. The minimum absolute atomic E-state index is 0.0758. The highest BCUT2D eigenvalue weighted by Gasteiger charge is 2.48. The SMILES string of the molecule is CO[C@@]1(CO)CCC[C@H](C)[C@@H](C)S(=O)(=O)NC(=O)c2ccc3c(c2)N(CCCCc2cc(Cl)ccc2CO3)C[C@@H]2CC[C@H]21. The molecule has 2 aromatic carbocycles. The molecular formula is C33H45ClN2O6S. The van der Waals surface area contributed by atoms with Gasteiger partial charge in [0.2, 0.25) is 10.0 Å². The number of anilines is 1. The molecule has 0 unspecified atom stereocenters. The van der Waals surface area contributed by atoms with Gasteiger partial charge in [0, 0.05) is 30.8 Å².